The van der Waals surface area contributed by atoms with Gasteiger partial charge in [-0.2, -0.15) is 0 Å². The van der Waals surface area contributed by atoms with Gasteiger partial charge in [-0.3, -0.25) is 4.79 Å². The maximum atomic E-state index is 12.8. The summed E-state index contributed by atoms with van der Waals surface area (Å²) < 4.78 is 0. The summed E-state index contributed by atoms with van der Waals surface area (Å²) >= 11 is 6.10. The Kier molecular flexibility index (Phi) is 4.18. The molecule has 0 spiro atoms. The number of aromatic nitrogens is 1. The number of hydrogen-bond donors (Lipinski definition) is 1. The van der Waals surface area contributed by atoms with Crippen molar-refractivity contribution in [1.29, 1.82) is 0 Å². The van der Waals surface area contributed by atoms with Crippen LogP contribution in [0.25, 0.3) is 10.9 Å². The largest absolute Gasteiger partial charge is 0.351 e. The first-order valence-electron chi connectivity index (χ1n) is 8.57. The summed E-state index contributed by atoms with van der Waals surface area (Å²) in [5, 5.41) is 4.30. The van der Waals surface area contributed by atoms with E-state index in [0.29, 0.717) is 17.3 Å². The predicted molar refractivity (Wildman–Crippen MR) is 101 cm³/mol. The van der Waals surface area contributed by atoms with Gasteiger partial charge in [-0.05, 0) is 30.5 Å². The molecule has 0 bridgehead atoms. The van der Waals surface area contributed by atoms with Gasteiger partial charge in [-0.25, -0.2) is 4.98 Å². The molecular weight excluding hydrogens is 332 g/mol. The first-order valence-corrected chi connectivity index (χ1v) is 8.95. The van der Waals surface area contributed by atoms with Crippen LogP contribution in [0.2, 0.25) is 5.15 Å². The van der Waals surface area contributed by atoms with Crippen molar-refractivity contribution in [3.05, 3.63) is 76.9 Å². The van der Waals surface area contributed by atoms with E-state index in [0.717, 1.165) is 23.7 Å². The van der Waals surface area contributed by atoms with Crippen LogP contribution >= 0.6 is 11.6 Å². The van der Waals surface area contributed by atoms with E-state index in [9.17, 15) is 4.79 Å². The Hall–Kier alpha value is -2.39. The molecule has 1 saturated carbocycles. The van der Waals surface area contributed by atoms with Gasteiger partial charge < -0.3 is 5.32 Å². The second-order valence-electron chi connectivity index (χ2n) is 6.69. The molecule has 0 saturated heterocycles. The molecular formula is C21H19ClN2O. The summed E-state index contributed by atoms with van der Waals surface area (Å²) in [5.74, 6) is -0.0947. The Morgan fingerprint density at radius 3 is 2.52 bits per heavy atom. The minimum absolute atomic E-state index is 0.0591. The highest BCUT2D eigenvalue weighted by Crippen LogP contribution is 2.43. The highest BCUT2D eigenvalue weighted by molar-refractivity contribution is 6.30. The van der Waals surface area contributed by atoms with E-state index >= 15 is 0 Å². The lowest BCUT2D eigenvalue weighted by molar-refractivity contribution is 0.0929. The highest BCUT2D eigenvalue weighted by Gasteiger charge is 2.38. The van der Waals surface area contributed by atoms with Crippen molar-refractivity contribution in [3.8, 4) is 0 Å². The summed E-state index contributed by atoms with van der Waals surface area (Å²) in [6, 6.07) is 19.7. The number of carbonyl (C=O) groups is 1. The molecule has 25 heavy (non-hydrogen) atoms. The zero-order chi connectivity index (χ0) is 17.3. The number of fused-ring (bicyclic) bond motifs is 1. The van der Waals surface area contributed by atoms with Crippen molar-refractivity contribution in [2.45, 2.75) is 24.7 Å². The average molecular weight is 351 g/mol. The topological polar surface area (TPSA) is 42.0 Å². The summed E-state index contributed by atoms with van der Waals surface area (Å²) in [5.41, 5.74) is 2.68. The quantitative estimate of drug-likeness (QED) is 0.690. The number of rotatable bonds is 4. The maximum Gasteiger partial charge on any atom is 0.252 e. The van der Waals surface area contributed by atoms with E-state index in [2.05, 4.69) is 34.6 Å². The van der Waals surface area contributed by atoms with Crippen molar-refractivity contribution in [1.82, 2.24) is 10.3 Å². The van der Waals surface area contributed by atoms with Crippen molar-refractivity contribution >= 4 is 28.4 Å². The Balaban J connectivity index is 1.59. The summed E-state index contributed by atoms with van der Waals surface area (Å²) in [4.78, 5) is 17.1. The monoisotopic (exact) mass is 350 g/mol. The molecule has 1 aliphatic rings. The number of pyridine rings is 1. The Morgan fingerprint density at radius 1 is 1.08 bits per heavy atom. The molecule has 0 unspecified atom stereocenters. The highest BCUT2D eigenvalue weighted by atomic mass is 35.5. The lowest BCUT2D eigenvalue weighted by Gasteiger charge is -2.42. The predicted octanol–water partition coefficient (Wildman–Crippen LogP) is 4.74. The van der Waals surface area contributed by atoms with Gasteiger partial charge in [0.2, 0.25) is 0 Å². The molecule has 4 heteroatoms. The Bertz CT molecular complexity index is 920. The molecule has 2 aromatic carbocycles. The summed E-state index contributed by atoms with van der Waals surface area (Å²) in [7, 11) is 0. The fourth-order valence-corrected chi connectivity index (χ4v) is 3.84. The van der Waals surface area contributed by atoms with E-state index in [1.807, 2.05) is 30.3 Å². The standard InChI is InChI=1S/C21H19ClN2O/c22-19-13-17(16-9-4-5-10-18(16)24-19)20(25)23-14-21(11-6-12-21)15-7-2-1-3-8-15/h1-5,7-10,13H,6,11-12,14H2,(H,23,25). The van der Waals surface area contributed by atoms with E-state index in [-0.39, 0.29) is 11.3 Å². The molecule has 1 heterocycles. The van der Waals surface area contributed by atoms with Gasteiger partial charge in [-0.1, -0.05) is 66.6 Å². The van der Waals surface area contributed by atoms with Gasteiger partial charge in [-0.15, -0.1) is 0 Å². The fourth-order valence-electron chi connectivity index (χ4n) is 3.64. The van der Waals surface area contributed by atoms with Crippen LogP contribution in [0.4, 0.5) is 0 Å². The minimum atomic E-state index is -0.0947. The Labute approximate surface area is 152 Å². The van der Waals surface area contributed by atoms with Gasteiger partial charge in [0.25, 0.3) is 5.91 Å². The molecule has 126 valence electrons. The van der Waals surface area contributed by atoms with Gasteiger partial charge in [0.1, 0.15) is 5.15 Å². The number of nitrogens with one attached hydrogen (secondary N) is 1. The van der Waals surface area contributed by atoms with Crippen molar-refractivity contribution in [3.63, 3.8) is 0 Å². The van der Waals surface area contributed by atoms with Gasteiger partial charge in [0.05, 0.1) is 11.1 Å². The summed E-state index contributed by atoms with van der Waals surface area (Å²) in [6.07, 6.45) is 3.42. The van der Waals surface area contributed by atoms with E-state index in [4.69, 9.17) is 11.6 Å². The smallest absolute Gasteiger partial charge is 0.252 e. The van der Waals surface area contributed by atoms with Crippen LogP contribution in [0.5, 0.6) is 0 Å². The lowest BCUT2D eigenvalue weighted by atomic mass is 9.64. The second kappa shape index (κ2) is 6.49. The van der Waals surface area contributed by atoms with Crippen LogP contribution in [-0.4, -0.2) is 17.4 Å². The molecule has 1 N–H and O–H groups in total. The maximum absolute atomic E-state index is 12.8. The van der Waals surface area contributed by atoms with Gasteiger partial charge in [0.15, 0.2) is 0 Å². The van der Waals surface area contributed by atoms with Crippen molar-refractivity contribution in [2.24, 2.45) is 0 Å². The van der Waals surface area contributed by atoms with Crippen LogP contribution < -0.4 is 5.32 Å². The zero-order valence-electron chi connectivity index (χ0n) is 13.8. The van der Waals surface area contributed by atoms with Crippen LogP contribution in [0.15, 0.2) is 60.7 Å². The first-order chi connectivity index (χ1) is 12.2. The number of benzene rings is 2. The number of carbonyl (C=O) groups excluding carboxylic acids is 1. The molecule has 3 nitrogen and oxygen atoms in total. The molecule has 1 fully saturated rings. The molecule has 3 aromatic rings. The number of hydrogen-bond acceptors (Lipinski definition) is 2. The third kappa shape index (κ3) is 3.00. The molecule has 4 rings (SSSR count). The molecule has 0 radical (unpaired) electrons. The summed E-state index contributed by atoms with van der Waals surface area (Å²) in [6.45, 7) is 0.643. The van der Waals surface area contributed by atoms with Crippen LogP contribution in [0.1, 0.15) is 35.2 Å². The van der Waals surface area contributed by atoms with E-state index < -0.39 is 0 Å². The van der Waals surface area contributed by atoms with Crippen LogP contribution in [0.3, 0.4) is 0 Å². The number of para-hydroxylation sites is 1. The van der Waals surface area contributed by atoms with Gasteiger partial charge in [0, 0.05) is 17.3 Å². The second-order valence-corrected chi connectivity index (χ2v) is 7.08. The molecule has 0 atom stereocenters. The molecule has 1 aromatic heterocycles. The number of nitrogens with zero attached hydrogens (tertiary/aromatic N) is 1. The van der Waals surface area contributed by atoms with E-state index in [1.54, 1.807) is 6.07 Å². The van der Waals surface area contributed by atoms with Crippen molar-refractivity contribution < 1.29 is 4.79 Å². The SMILES string of the molecule is O=C(NCC1(c2ccccc2)CCC1)c1cc(Cl)nc2ccccc12. The number of halogens is 1. The fraction of sp³-hybridized carbons (Fsp3) is 0.238. The molecule has 1 amide bonds. The minimum Gasteiger partial charge on any atom is -0.351 e. The zero-order valence-corrected chi connectivity index (χ0v) is 14.6. The molecule has 0 aliphatic heterocycles. The van der Waals surface area contributed by atoms with E-state index in [1.165, 1.54) is 12.0 Å². The lowest BCUT2D eigenvalue weighted by Crippen LogP contribution is -2.45. The first kappa shape index (κ1) is 16.1. The third-order valence-corrected chi connectivity index (χ3v) is 5.41. The average Bonchev–Trinajstić information content (AvgIpc) is 2.61. The van der Waals surface area contributed by atoms with Crippen LogP contribution in [-0.2, 0) is 5.41 Å². The number of amides is 1. The van der Waals surface area contributed by atoms with Crippen LogP contribution in [0, 0.1) is 0 Å². The molecule has 1 aliphatic carbocycles. The van der Waals surface area contributed by atoms with Crippen molar-refractivity contribution in [2.75, 3.05) is 6.54 Å². The van der Waals surface area contributed by atoms with Gasteiger partial charge >= 0.3 is 0 Å². The normalized spacial score (nSPS) is 15.6. The Morgan fingerprint density at radius 2 is 1.80 bits per heavy atom. The third-order valence-electron chi connectivity index (χ3n) is 5.21.